The molecular formula is C36H37BN2Si. The SMILES string of the molecule is CCCC(C)=C[SiH2]C(c1ccccc1)(c1ccccc1)n1ccnc1.[B]C=C(c1ccccc1)c1ccccc1. The second-order valence-electron chi connectivity index (χ2n) is 9.88. The lowest BCUT2D eigenvalue weighted by Gasteiger charge is -2.36. The van der Waals surface area contributed by atoms with E-state index < -0.39 is 9.52 Å². The Bertz CT molecular complexity index is 1380. The molecule has 0 aliphatic heterocycles. The van der Waals surface area contributed by atoms with Crippen LogP contribution in [0.5, 0.6) is 0 Å². The van der Waals surface area contributed by atoms with Crippen LogP contribution in [0.2, 0.25) is 0 Å². The van der Waals surface area contributed by atoms with E-state index >= 15 is 0 Å². The normalized spacial score (nSPS) is 11.6. The lowest BCUT2D eigenvalue weighted by atomic mass is 9.92. The van der Waals surface area contributed by atoms with E-state index in [1.807, 2.05) is 48.9 Å². The van der Waals surface area contributed by atoms with Crippen LogP contribution in [-0.4, -0.2) is 26.9 Å². The summed E-state index contributed by atoms with van der Waals surface area (Å²) in [5.41, 5.74) is 10.1. The number of imidazole rings is 1. The maximum Gasteiger partial charge on any atom is 0.103 e. The molecule has 0 spiro atoms. The number of hydrogen-bond acceptors (Lipinski definition) is 1. The van der Waals surface area contributed by atoms with Crippen LogP contribution in [0.4, 0.5) is 0 Å². The number of nitrogens with zero attached hydrogens (tertiary/aromatic N) is 2. The van der Waals surface area contributed by atoms with Gasteiger partial charge in [0, 0.05) is 12.4 Å². The van der Waals surface area contributed by atoms with Gasteiger partial charge in [-0.1, -0.05) is 146 Å². The van der Waals surface area contributed by atoms with Crippen LogP contribution >= 0.6 is 0 Å². The summed E-state index contributed by atoms with van der Waals surface area (Å²) < 4.78 is 2.31. The van der Waals surface area contributed by atoms with Crippen molar-refractivity contribution in [2.75, 3.05) is 0 Å². The minimum Gasteiger partial charge on any atom is -0.326 e. The molecule has 0 saturated carbocycles. The molecule has 0 bridgehead atoms. The van der Waals surface area contributed by atoms with E-state index in [2.05, 4.69) is 120 Å². The summed E-state index contributed by atoms with van der Waals surface area (Å²) in [4.78, 5) is 4.37. The Morgan fingerprint density at radius 3 is 1.65 bits per heavy atom. The van der Waals surface area contributed by atoms with E-state index in [0.29, 0.717) is 0 Å². The van der Waals surface area contributed by atoms with E-state index in [1.165, 1.54) is 29.5 Å². The van der Waals surface area contributed by atoms with Crippen molar-refractivity contribution in [2.24, 2.45) is 0 Å². The maximum atomic E-state index is 5.67. The molecule has 2 nitrogen and oxygen atoms in total. The topological polar surface area (TPSA) is 17.8 Å². The molecule has 0 saturated heterocycles. The Balaban J connectivity index is 0.000000210. The molecule has 4 heteroatoms. The van der Waals surface area contributed by atoms with Crippen LogP contribution in [0.1, 0.15) is 48.9 Å². The van der Waals surface area contributed by atoms with Gasteiger partial charge in [-0.15, -0.1) is 5.98 Å². The van der Waals surface area contributed by atoms with Gasteiger partial charge in [0.25, 0.3) is 0 Å². The summed E-state index contributed by atoms with van der Waals surface area (Å²) in [5, 5.41) is -0.145. The zero-order chi connectivity index (χ0) is 28.0. The second kappa shape index (κ2) is 14.9. The molecule has 1 heterocycles. The lowest BCUT2D eigenvalue weighted by molar-refractivity contribution is 0.596. The first kappa shape index (κ1) is 28.8. The minimum atomic E-state index is -0.654. The molecule has 0 aliphatic rings. The van der Waals surface area contributed by atoms with Crippen molar-refractivity contribution in [3.05, 3.63) is 180 Å². The van der Waals surface area contributed by atoms with Crippen LogP contribution in [0.3, 0.4) is 0 Å². The summed E-state index contributed by atoms with van der Waals surface area (Å²) in [6, 6.07) is 42.1. The van der Waals surface area contributed by atoms with Gasteiger partial charge in [0.05, 0.1) is 21.0 Å². The molecule has 0 atom stereocenters. The fourth-order valence-corrected chi connectivity index (χ4v) is 7.32. The van der Waals surface area contributed by atoms with Crippen molar-refractivity contribution >= 4 is 22.9 Å². The zero-order valence-electron chi connectivity index (χ0n) is 23.5. The summed E-state index contributed by atoms with van der Waals surface area (Å²) in [5.74, 6) is 1.66. The highest BCUT2D eigenvalue weighted by Crippen LogP contribution is 2.33. The molecule has 0 unspecified atom stereocenters. The Morgan fingerprint density at radius 2 is 1.25 bits per heavy atom. The number of aromatic nitrogens is 2. The van der Waals surface area contributed by atoms with Crippen LogP contribution in [0.25, 0.3) is 5.57 Å². The van der Waals surface area contributed by atoms with Crippen LogP contribution in [-0.2, 0) is 5.16 Å². The average Bonchev–Trinajstić information content (AvgIpc) is 3.56. The molecular weight excluding hydrogens is 499 g/mol. The molecule has 198 valence electrons. The van der Waals surface area contributed by atoms with Crippen LogP contribution in [0.15, 0.2) is 157 Å². The standard InChI is InChI=1S/C22H26N2Si.C14H11B/c1-3-10-19(2)17-25-22(24-16-15-23-18-24,20-11-6-4-7-12-20)21-13-8-5-9-14-21;15-11-14(12-7-3-1-4-8-12)13-9-5-2-6-10-13/h4-9,11-18H,3,10,25H2,1-2H3;1-11H. The highest BCUT2D eigenvalue weighted by molar-refractivity contribution is 6.47. The van der Waals surface area contributed by atoms with Crippen molar-refractivity contribution in [1.29, 1.82) is 0 Å². The fourth-order valence-electron chi connectivity index (χ4n) is 5.13. The highest BCUT2D eigenvalue weighted by atomic mass is 28.2. The molecule has 5 aromatic rings. The molecule has 5 rings (SSSR count). The van der Waals surface area contributed by atoms with Gasteiger partial charge in [0.15, 0.2) is 0 Å². The predicted octanol–water partition coefficient (Wildman–Crippen LogP) is 7.75. The third-order valence-electron chi connectivity index (χ3n) is 7.17. The average molecular weight is 537 g/mol. The van der Waals surface area contributed by atoms with Crippen molar-refractivity contribution < 1.29 is 0 Å². The van der Waals surface area contributed by atoms with Gasteiger partial charge in [0.2, 0.25) is 0 Å². The second-order valence-corrected chi connectivity index (χ2v) is 11.7. The van der Waals surface area contributed by atoms with Gasteiger partial charge in [-0.25, -0.2) is 4.98 Å². The molecule has 0 N–H and O–H groups in total. The predicted molar refractivity (Wildman–Crippen MR) is 174 cm³/mol. The minimum absolute atomic E-state index is 0.145. The van der Waals surface area contributed by atoms with Gasteiger partial charge >= 0.3 is 0 Å². The largest absolute Gasteiger partial charge is 0.326 e. The first-order valence-corrected chi connectivity index (χ1v) is 15.5. The highest BCUT2D eigenvalue weighted by Gasteiger charge is 2.35. The molecule has 2 radical (unpaired) electrons. The van der Waals surface area contributed by atoms with Crippen LogP contribution in [0, 0.1) is 0 Å². The first-order chi connectivity index (χ1) is 19.7. The van der Waals surface area contributed by atoms with Crippen molar-refractivity contribution in [1.82, 2.24) is 9.55 Å². The van der Waals surface area contributed by atoms with Gasteiger partial charge in [0.1, 0.15) is 7.85 Å². The molecule has 1 aromatic heterocycles. The summed E-state index contributed by atoms with van der Waals surface area (Å²) in [6.07, 6.45) is 8.34. The Morgan fingerprint density at radius 1 is 0.775 bits per heavy atom. The Kier molecular flexibility index (Phi) is 10.7. The van der Waals surface area contributed by atoms with Gasteiger partial charge in [-0.2, -0.15) is 0 Å². The van der Waals surface area contributed by atoms with Gasteiger partial charge in [-0.05, 0) is 41.2 Å². The monoisotopic (exact) mass is 536 g/mol. The Hall–Kier alpha value is -4.15. The summed E-state index contributed by atoms with van der Waals surface area (Å²) in [7, 11) is 5.02. The quantitative estimate of drug-likeness (QED) is 0.176. The summed E-state index contributed by atoms with van der Waals surface area (Å²) >= 11 is 0. The van der Waals surface area contributed by atoms with E-state index in [-0.39, 0.29) is 5.16 Å². The van der Waals surface area contributed by atoms with Crippen LogP contribution < -0.4 is 0 Å². The first-order valence-electron chi connectivity index (χ1n) is 14.0. The molecule has 0 fully saturated rings. The fraction of sp³-hybridized carbons (Fsp3) is 0.139. The van der Waals surface area contributed by atoms with E-state index in [4.69, 9.17) is 7.85 Å². The number of benzene rings is 4. The molecule has 0 amide bonds. The smallest absolute Gasteiger partial charge is 0.103 e. The number of hydrogen-bond donors (Lipinski definition) is 0. The zero-order valence-corrected chi connectivity index (χ0v) is 24.9. The van der Waals surface area contributed by atoms with Crippen molar-refractivity contribution in [3.8, 4) is 0 Å². The Labute approximate surface area is 243 Å². The van der Waals surface area contributed by atoms with Crippen molar-refractivity contribution in [2.45, 2.75) is 31.9 Å². The molecule has 0 aliphatic carbocycles. The van der Waals surface area contributed by atoms with E-state index in [9.17, 15) is 0 Å². The maximum absolute atomic E-state index is 5.67. The van der Waals surface area contributed by atoms with E-state index in [0.717, 1.165) is 16.7 Å². The summed E-state index contributed by atoms with van der Waals surface area (Å²) in [6.45, 7) is 4.52. The number of allylic oxidation sites excluding steroid dienone is 1. The molecule has 4 aromatic carbocycles. The van der Waals surface area contributed by atoms with Gasteiger partial charge < -0.3 is 4.57 Å². The third kappa shape index (κ3) is 7.08. The van der Waals surface area contributed by atoms with Gasteiger partial charge in [-0.3, -0.25) is 0 Å². The lowest BCUT2D eigenvalue weighted by Crippen LogP contribution is -2.41. The third-order valence-corrected chi connectivity index (χ3v) is 9.85. The molecule has 40 heavy (non-hydrogen) atoms. The van der Waals surface area contributed by atoms with E-state index in [1.54, 1.807) is 5.98 Å². The van der Waals surface area contributed by atoms with Crippen molar-refractivity contribution in [3.63, 3.8) is 0 Å². The number of rotatable bonds is 9.